The second kappa shape index (κ2) is 9.12. The molecule has 0 aliphatic carbocycles. The molecule has 3 rings (SSSR count). The minimum Gasteiger partial charge on any atom is -0.324 e. The Morgan fingerprint density at radius 1 is 1.40 bits per heavy atom. The fourth-order valence-corrected chi connectivity index (χ4v) is 4.67. The predicted octanol–water partition coefficient (Wildman–Crippen LogP) is 5.13. The van der Waals surface area contributed by atoms with Gasteiger partial charge in [-0.25, -0.2) is 0 Å². The van der Waals surface area contributed by atoms with E-state index in [9.17, 15) is 28.0 Å². The molecule has 2 aromatic rings. The summed E-state index contributed by atoms with van der Waals surface area (Å²) in [4.78, 5) is 25.2. The highest BCUT2D eigenvalue weighted by Gasteiger charge is 2.32. The first-order valence-electron chi connectivity index (χ1n) is 8.46. The molecular formula is C19H13ClF3N3O2S2. The summed E-state index contributed by atoms with van der Waals surface area (Å²) in [6.07, 6.45) is -4.45. The Kier molecular flexibility index (Phi) is 6.75. The summed E-state index contributed by atoms with van der Waals surface area (Å²) in [5, 5.41) is 16.6. The zero-order valence-corrected chi connectivity index (χ0v) is 17.4. The lowest BCUT2D eigenvalue weighted by atomic mass is 9.93. The van der Waals surface area contributed by atoms with Crippen LogP contribution in [-0.4, -0.2) is 17.6 Å². The Hall–Kier alpha value is -2.48. The summed E-state index contributed by atoms with van der Waals surface area (Å²) in [6.45, 7) is 0. The Bertz CT molecular complexity index is 1050. The average Bonchev–Trinajstić information content (AvgIpc) is 3.21. The molecule has 156 valence electrons. The second-order valence-electron chi connectivity index (χ2n) is 6.20. The van der Waals surface area contributed by atoms with Crippen molar-refractivity contribution in [2.75, 3.05) is 11.1 Å². The van der Waals surface area contributed by atoms with Crippen molar-refractivity contribution in [2.45, 2.75) is 18.5 Å². The largest absolute Gasteiger partial charge is 0.416 e. The molecule has 1 aromatic heterocycles. The maximum atomic E-state index is 12.9. The molecule has 30 heavy (non-hydrogen) atoms. The van der Waals surface area contributed by atoms with Gasteiger partial charge in [-0.15, -0.1) is 11.3 Å². The fourth-order valence-electron chi connectivity index (χ4n) is 2.79. The molecule has 2 N–H and O–H groups in total. The molecule has 0 unspecified atom stereocenters. The molecule has 1 atom stereocenters. The van der Waals surface area contributed by atoms with Gasteiger partial charge in [0.2, 0.25) is 11.8 Å². The Morgan fingerprint density at radius 2 is 2.17 bits per heavy atom. The Labute approximate surface area is 182 Å². The normalized spacial score (nSPS) is 16.8. The van der Waals surface area contributed by atoms with E-state index >= 15 is 0 Å². The zero-order chi connectivity index (χ0) is 21.9. The van der Waals surface area contributed by atoms with Crippen LogP contribution in [0.1, 0.15) is 22.8 Å². The number of amides is 2. The van der Waals surface area contributed by atoms with E-state index in [2.05, 4.69) is 16.7 Å². The van der Waals surface area contributed by atoms with E-state index < -0.39 is 23.6 Å². The number of rotatable bonds is 5. The highest BCUT2D eigenvalue weighted by atomic mass is 35.5. The van der Waals surface area contributed by atoms with Crippen LogP contribution in [0, 0.1) is 11.3 Å². The molecule has 0 saturated heterocycles. The average molecular weight is 472 g/mol. The number of nitrogens with zero attached hydrogens (tertiary/aromatic N) is 1. The summed E-state index contributed by atoms with van der Waals surface area (Å²) in [7, 11) is 0. The summed E-state index contributed by atoms with van der Waals surface area (Å²) in [6, 6.07) is 8.36. The van der Waals surface area contributed by atoms with Crippen molar-refractivity contribution in [1.82, 2.24) is 5.32 Å². The van der Waals surface area contributed by atoms with Crippen molar-refractivity contribution in [3.8, 4) is 6.07 Å². The van der Waals surface area contributed by atoms with E-state index in [1.807, 2.05) is 17.5 Å². The third-order valence-corrected chi connectivity index (χ3v) is 6.49. The number of anilines is 1. The first kappa shape index (κ1) is 22.2. The number of nitriles is 1. The number of halogens is 4. The molecule has 2 heterocycles. The van der Waals surface area contributed by atoms with Crippen molar-refractivity contribution < 1.29 is 22.8 Å². The van der Waals surface area contributed by atoms with Crippen LogP contribution in [0.2, 0.25) is 5.02 Å². The van der Waals surface area contributed by atoms with Crippen LogP contribution >= 0.6 is 34.7 Å². The number of thiophene rings is 1. The number of hydrogen-bond donors (Lipinski definition) is 2. The first-order valence-corrected chi connectivity index (χ1v) is 10.7. The molecule has 0 spiro atoms. The smallest absolute Gasteiger partial charge is 0.324 e. The summed E-state index contributed by atoms with van der Waals surface area (Å²) in [5.74, 6) is -1.54. The number of carbonyl (C=O) groups excluding carboxylic acids is 2. The number of hydrogen-bond acceptors (Lipinski definition) is 5. The van der Waals surface area contributed by atoms with Gasteiger partial charge in [-0.2, -0.15) is 18.4 Å². The van der Waals surface area contributed by atoms with Crippen molar-refractivity contribution >= 4 is 52.2 Å². The van der Waals surface area contributed by atoms with Crippen LogP contribution in [0.5, 0.6) is 0 Å². The molecular weight excluding hydrogens is 459 g/mol. The number of nitrogens with one attached hydrogen (secondary N) is 2. The topological polar surface area (TPSA) is 82.0 Å². The van der Waals surface area contributed by atoms with Gasteiger partial charge < -0.3 is 10.6 Å². The summed E-state index contributed by atoms with van der Waals surface area (Å²) < 4.78 is 38.6. The molecule has 0 radical (unpaired) electrons. The van der Waals surface area contributed by atoms with Crippen LogP contribution in [0.25, 0.3) is 0 Å². The predicted molar refractivity (Wildman–Crippen MR) is 110 cm³/mol. The van der Waals surface area contributed by atoms with Gasteiger partial charge in [-0.3, -0.25) is 9.59 Å². The lowest BCUT2D eigenvalue weighted by molar-refractivity contribution is -0.137. The van der Waals surface area contributed by atoms with Crippen LogP contribution in [-0.2, 0) is 15.8 Å². The van der Waals surface area contributed by atoms with Gasteiger partial charge in [0.15, 0.2) is 0 Å². The molecule has 1 aliphatic rings. The lowest BCUT2D eigenvalue weighted by Gasteiger charge is -2.23. The van der Waals surface area contributed by atoms with Gasteiger partial charge in [-0.1, -0.05) is 29.4 Å². The van der Waals surface area contributed by atoms with E-state index in [-0.39, 0.29) is 33.8 Å². The van der Waals surface area contributed by atoms with Crippen LogP contribution in [0.3, 0.4) is 0 Å². The number of allylic oxidation sites excluding steroid dienone is 1. The SMILES string of the molecule is N#CC1=C(SCC(=O)Nc2cc(C(F)(F)F)ccc2Cl)NC(=O)C[C@@H]1c1cccs1. The van der Waals surface area contributed by atoms with Gasteiger partial charge in [0.25, 0.3) is 0 Å². The van der Waals surface area contributed by atoms with E-state index in [0.29, 0.717) is 5.57 Å². The van der Waals surface area contributed by atoms with Gasteiger partial charge >= 0.3 is 6.18 Å². The number of alkyl halides is 3. The summed E-state index contributed by atoms with van der Waals surface area (Å²) >= 11 is 8.24. The van der Waals surface area contributed by atoms with E-state index in [1.165, 1.54) is 11.3 Å². The quantitative estimate of drug-likeness (QED) is 0.633. The third-order valence-electron chi connectivity index (χ3n) is 4.16. The number of carbonyl (C=O) groups is 2. The Morgan fingerprint density at radius 3 is 2.80 bits per heavy atom. The fraction of sp³-hybridized carbons (Fsp3) is 0.211. The van der Waals surface area contributed by atoms with Gasteiger partial charge in [-0.05, 0) is 29.6 Å². The minimum atomic E-state index is -4.57. The maximum absolute atomic E-state index is 12.9. The van der Waals surface area contributed by atoms with Crippen LogP contribution in [0.4, 0.5) is 18.9 Å². The molecule has 0 fully saturated rings. The number of thioether (sulfide) groups is 1. The molecule has 11 heteroatoms. The zero-order valence-electron chi connectivity index (χ0n) is 15.0. The molecule has 5 nitrogen and oxygen atoms in total. The third kappa shape index (κ3) is 5.16. The monoisotopic (exact) mass is 471 g/mol. The highest BCUT2D eigenvalue weighted by molar-refractivity contribution is 8.03. The van der Waals surface area contributed by atoms with E-state index in [0.717, 1.165) is 34.8 Å². The van der Waals surface area contributed by atoms with E-state index in [1.54, 1.807) is 0 Å². The van der Waals surface area contributed by atoms with Gasteiger partial charge in [0.1, 0.15) is 0 Å². The molecule has 1 aliphatic heterocycles. The summed E-state index contributed by atoms with van der Waals surface area (Å²) in [5.41, 5.74) is -0.773. The molecule has 2 amide bonds. The van der Waals surface area contributed by atoms with Crippen LogP contribution < -0.4 is 10.6 Å². The van der Waals surface area contributed by atoms with Crippen molar-refractivity contribution in [3.63, 3.8) is 0 Å². The number of benzene rings is 1. The lowest BCUT2D eigenvalue weighted by Crippen LogP contribution is -2.31. The first-order chi connectivity index (χ1) is 14.2. The highest BCUT2D eigenvalue weighted by Crippen LogP contribution is 2.38. The molecule has 1 aromatic carbocycles. The maximum Gasteiger partial charge on any atom is 0.416 e. The van der Waals surface area contributed by atoms with Crippen LogP contribution in [0.15, 0.2) is 46.3 Å². The van der Waals surface area contributed by atoms with Crippen molar-refractivity contribution in [2.24, 2.45) is 0 Å². The minimum absolute atomic E-state index is 0.0398. The van der Waals surface area contributed by atoms with Gasteiger partial charge in [0, 0.05) is 17.2 Å². The van der Waals surface area contributed by atoms with Crippen molar-refractivity contribution in [3.05, 3.63) is 61.8 Å². The standard InChI is InChI=1S/C19H13ClF3N3O2S2/c20-13-4-3-10(19(21,22)23)6-14(13)25-17(28)9-30-18-12(8-24)11(7-16(27)26-18)15-2-1-5-29-15/h1-6,11H,7,9H2,(H,25,28)(H,26,27)/t11-/m0/s1. The molecule has 0 bridgehead atoms. The van der Waals surface area contributed by atoms with Crippen molar-refractivity contribution in [1.29, 1.82) is 5.26 Å². The Balaban J connectivity index is 1.74. The second-order valence-corrected chi connectivity index (χ2v) is 8.58. The van der Waals surface area contributed by atoms with Gasteiger partial charge in [0.05, 0.1) is 38.7 Å². The van der Waals surface area contributed by atoms with E-state index in [4.69, 9.17) is 11.6 Å². The molecule has 0 saturated carbocycles.